The highest BCUT2D eigenvalue weighted by molar-refractivity contribution is 5.82. The molecule has 0 aliphatic rings. The Bertz CT molecular complexity index is 342. The number of rotatable bonds is 10. The summed E-state index contributed by atoms with van der Waals surface area (Å²) < 4.78 is 0. The maximum Gasteiger partial charge on any atom is 0.142 e. The predicted octanol–water partition coefficient (Wildman–Crippen LogP) is 1.04. The molecule has 0 aromatic rings. The smallest absolute Gasteiger partial charge is 0.142 e. The Morgan fingerprint density at radius 1 is 1.16 bits per heavy atom. The Morgan fingerprint density at radius 2 is 1.74 bits per heavy atom. The van der Waals surface area contributed by atoms with Crippen molar-refractivity contribution >= 4 is 18.4 Å². The molecule has 0 bridgehead atoms. The van der Waals surface area contributed by atoms with Gasteiger partial charge in [-0.3, -0.25) is 4.79 Å². The van der Waals surface area contributed by atoms with Gasteiger partial charge in [0.25, 0.3) is 0 Å². The molecule has 0 heterocycles. The highest BCUT2D eigenvalue weighted by Crippen LogP contribution is 2.06. The maximum atomic E-state index is 11.2. The first-order chi connectivity index (χ1) is 8.81. The van der Waals surface area contributed by atoms with Crippen molar-refractivity contribution < 1.29 is 14.4 Å². The molecule has 0 saturated heterocycles. The largest absolute Gasteiger partial charge is 0.370 e. The Balaban J connectivity index is 4.31. The molecule has 0 radical (unpaired) electrons. The van der Waals surface area contributed by atoms with Crippen molar-refractivity contribution in [3.63, 3.8) is 0 Å². The first kappa shape index (κ1) is 17.4. The lowest BCUT2D eigenvalue weighted by atomic mass is 9.99. The van der Waals surface area contributed by atoms with Crippen molar-refractivity contribution in [2.45, 2.75) is 46.2 Å². The van der Waals surface area contributed by atoms with Crippen LogP contribution in [0, 0.1) is 11.8 Å². The maximum absolute atomic E-state index is 11.2. The normalized spacial score (nSPS) is 16.6. The molecule has 0 aliphatic heterocycles. The third kappa shape index (κ3) is 6.74. The van der Waals surface area contributed by atoms with Gasteiger partial charge >= 0.3 is 0 Å². The van der Waals surface area contributed by atoms with Crippen molar-refractivity contribution in [3.05, 3.63) is 12.4 Å². The van der Waals surface area contributed by atoms with Gasteiger partial charge in [0.05, 0.1) is 11.9 Å². The van der Waals surface area contributed by atoms with Gasteiger partial charge in [0.15, 0.2) is 0 Å². The van der Waals surface area contributed by atoms with Gasteiger partial charge in [0, 0.05) is 17.9 Å². The average Bonchev–Trinajstić information content (AvgIpc) is 2.34. The molecular weight excluding hydrogens is 244 g/mol. The number of carbonyl (C=O) groups excluding carboxylic acids is 3. The number of carbonyl (C=O) groups is 3. The Kier molecular flexibility index (Phi) is 7.72. The molecule has 0 spiro atoms. The molecule has 2 N–H and O–H groups in total. The van der Waals surface area contributed by atoms with Crippen LogP contribution in [0.5, 0.6) is 0 Å². The van der Waals surface area contributed by atoms with Crippen molar-refractivity contribution in [2.75, 3.05) is 0 Å². The molecule has 19 heavy (non-hydrogen) atoms. The first-order valence-corrected chi connectivity index (χ1v) is 6.44. The molecule has 0 amide bonds. The van der Waals surface area contributed by atoms with Crippen LogP contribution >= 0.6 is 0 Å². The van der Waals surface area contributed by atoms with Crippen LogP contribution in [-0.2, 0) is 14.4 Å². The lowest BCUT2D eigenvalue weighted by Crippen LogP contribution is -2.44. The molecule has 0 saturated carbocycles. The van der Waals surface area contributed by atoms with Crippen LogP contribution in [0.2, 0.25) is 0 Å². The Hall–Kier alpha value is -1.65. The van der Waals surface area contributed by atoms with E-state index in [0.29, 0.717) is 18.5 Å². The molecule has 0 aromatic carbocycles. The Labute approximate surface area is 114 Å². The molecular formula is C14H24N2O3. The van der Waals surface area contributed by atoms with Crippen LogP contribution in [0.1, 0.15) is 34.1 Å². The fourth-order valence-corrected chi connectivity index (χ4v) is 1.74. The van der Waals surface area contributed by atoms with E-state index in [1.807, 2.05) is 13.8 Å². The van der Waals surface area contributed by atoms with Crippen molar-refractivity contribution in [1.29, 1.82) is 0 Å². The molecule has 0 aliphatic carbocycles. The summed E-state index contributed by atoms with van der Waals surface area (Å²) in [6.45, 7) is 10.7. The van der Waals surface area contributed by atoms with Crippen molar-refractivity contribution in [3.8, 4) is 0 Å². The molecule has 5 nitrogen and oxygen atoms in total. The van der Waals surface area contributed by atoms with E-state index >= 15 is 0 Å². The number of Topliss-reactive ketones (excluding diaryl/α,β-unsaturated/α-hetero) is 1. The highest BCUT2D eigenvalue weighted by Gasteiger charge is 2.21. The summed E-state index contributed by atoms with van der Waals surface area (Å²) in [7, 11) is 0. The van der Waals surface area contributed by atoms with Crippen LogP contribution in [-0.4, -0.2) is 30.4 Å². The van der Waals surface area contributed by atoms with E-state index in [0.717, 1.165) is 6.29 Å². The number of aldehydes is 2. The van der Waals surface area contributed by atoms with Crippen molar-refractivity contribution in [2.24, 2.45) is 11.8 Å². The molecule has 0 rings (SSSR count). The number of hydrogen-bond donors (Lipinski definition) is 2. The second-order valence-electron chi connectivity index (χ2n) is 5.08. The molecule has 0 aromatic heterocycles. The van der Waals surface area contributed by atoms with Gasteiger partial charge in [0.2, 0.25) is 0 Å². The lowest BCUT2D eigenvalue weighted by Gasteiger charge is -2.24. The Morgan fingerprint density at radius 3 is 2.16 bits per heavy atom. The summed E-state index contributed by atoms with van der Waals surface area (Å²) in [5.41, 5.74) is 0. The summed E-state index contributed by atoms with van der Waals surface area (Å²) in [4.78, 5) is 32.8. The van der Waals surface area contributed by atoms with E-state index in [1.165, 1.54) is 6.92 Å². The second-order valence-corrected chi connectivity index (χ2v) is 5.08. The van der Waals surface area contributed by atoms with Crippen LogP contribution in [0.25, 0.3) is 0 Å². The molecule has 108 valence electrons. The summed E-state index contributed by atoms with van der Waals surface area (Å²) >= 11 is 0. The fourth-order valence-electron chi connectivity index (χ4n) is 1.74. The molecule has 4 unspecified atom stereocenters. The third-order valence-corrected chi connectivity index (χ3v) is 3.05. The zero-order valence-electron chi connectivity index (χ0n) is 12.1. The average molecular weight is 268 g/mol. The third-order valence-electron chi connectivity index (χ3n) is 3.05. The van der Waals surface area contributed by atoms with Gasteiger partial charge in [0.1, 0.15) is 18.4 Å². The van der Waals surface area contributed by atoms with Crippen LogP contribution in [0.4, 0.5) is 0 Å². The quantitative estimate of drug-likeness (QED) is 0.579. The summed E-state index contributed by atoms with van der Waals surface area (Å²) in [5.74, 6) is -0.00982. The van der Waals surface area contributed by atoms with E-state index in [2.05, 4.69) is 17.2 Å². The molecule has 4 atom stereocenters. The highest BCUT2D eigenvalue weighted by atomic mass is 16.1. The number of nitrogens with one attached hydrogen (secondary N) is 2. The first-order valence-electron chi connectivity index (χ1n) is 6.44. The molecule has 5 heteroatoms. The van der Waals surface area contributed by atoms with Gasteiger partial charge in [-0.1, -0.05) is 20.4 Å². The van der Waals surface area contributed by atoms with Crippen LogP contribution < -0.4 is 10.6 Å². The lowest BCUT2D eigenvalue weighted by molar-refractivity contribution is -0.123. The zero-order chi connectivity index (χ0) is 15.0. The summed E-state index contributed by atoms with van der Waals surface area (Å²) in [6, 6.07) is -0.534. The summed E-state index contributed by atoms with van der Waals surface area (Å²) in [6.07, 6.45) is 2.29. The monoisotopic (exact) mass is 268 g/mol. The summed E-state index contributed by atoms with van der Waals surface area (Å²) in [5, 5.41) is 5.96. The number of hydrogen-bond acceptors (Lipinski definition) is 5. The fraction of sp³-hybridized carbons (Fsp3) is 0.643. The van der Waals surface area contributed by atoms with Gasteiger partial charge in [-0.05, 0) is 20.3 Å². The van der Waals surface area contributed by atoms with E-state index in [1.54, 1.807) is 6.92 Å². The standard InChI is InChI=1S/C14H24N2O3/c1-9(7-17)6-10(2)15-13(5)16-14(8-18)11(3)12(4)19/h7-11,14-16H,5-6H2,1-4H3. The predicted molar refractivity (Wildman–Crippen MR) is 74.4 cm³/mol. The van der Waals surface area contributed by atoms with E-state index in [-0.39, 0.29) is 17.7 Å². The van der Waals surface area contributed by atoms with Crippen molar-refractivity contribution in [1.82, 2.24) is 10.6 Å². The van der Waals surface area contributed by atoms with Gasteiger partial charge in [-0.2, -0.15) is 0 Å². The van der Waals surface area contributed by atoms with Crippen LogP contribution in [0.3, 0.4) is 0 Å². The van der Waals surface area contributed by atoms with Gasteiger partial charge in [-0.15, -0.1) is 0 Å². The number of ketones is 1. The topological polar surface area (TPSA) is 75.3 Å². The second kappa shape index (κ2) is 8.45. The minimum atomic E-state index is -0.590. The van der Waals surface area contributed by atoms with Gasteiger partial charge in [-0.25, -0.2) is 0 Å². The van der Waals surface area contributed by atoms with Gasteiger partial charge < -0.3 is 20.2 Å². The van der Waals surface area contributed by atoms with E-state index < -0.39 is 12.0 Å². The minimum absolute atomic E-state index is 0.0340. The van der Waals surface area contributed by atoms with E-state index in [9.17, 15) is 14.4 Å². The zero-order valence-corrected chi connectivity index (χ0v) is 12.1. The minimum Gasteiger partial charge on any atom is -0.370 e. The SMILES string of the molecule is C=C(NC(C)CC(C)C=O)NC(C=O)C(C)C(C)=O. The van der Waals surface area contributed by atoms with Crippen LogP contribution in [0.15, 0.2) is 12.4 Å². The molecule has 0 fully saturated rings. The van der Waals surface area contributed by atoms with E-state index in [4.69, 9.17) is 0 Å².